The quantitative estimate of drug-likeness (QED) is 0.0196. The molecule has 0 aliphatic rings. The van der Waals surface area contributed by atoms with Crippen molar-refractivity contribution in [3.05, 3.63) is 72.9 Å². The molecule has 0 spiro atoms. The van der Waals surface area contributed by atoms with Gasteiger partial charge < -0.3 is 27.9 Å². The molecule has 346 valence electrons. The lowest BCUT2D eigenvalue weighted by molar-refractivity contribution is -0.870. The van der Waals surface area contributed by atoms with Crippen LogP contribution in [0.15, 0.2) is 72.9 Å². The van der Waals surface area contributed by atoms with E-state index in [2.05, 4.69) is 74.6 Å². The lowest BCUT2D eigenvalue weighted by Gasteiger charge is -2.28. The molecule has 0 radical (unpaired) electrons. The summed E-state index contributed by atoms with van der Waals surface area (Å²) in [6.07, 6.45) is 52.3. The number of rotatable bonds is 42. The smallest absolute Gasteiger partial charge is 0.306 e. The second-order valence-corrected chi connectivity index (χ2v) is 18.2. The van der Waals surface area contributed by atoms with Crippen molar-refractivity contribution in [2.45, 2.75) is 187 Å². The Labute approximate surface area is 368 Å². The fourth-order valence-electron chi connectivity index (χ4n) is 5.98. The molecule has 2 atom stereocenters. The van der Waals surface area contributed by atoms with Crippen LogP contribution in [0.5, 0.6) is 0 Å². The zero-order chi connectivity index (χ0) is 44.3. The third-order valence-corrected chi connectivity index (χ3v) is 10.7. The summed E-state index contributed by atoms with van der Waals surface area (Å²) in [6, 6.07) is 0. The van der Waals surface area contributed by atoms with Gasteiger partial charge in [-0.25, -0.2) is 0 Å². The Morgan fingerprint density at radius 1 is 0.517 bits per heavy atom. The molecule has 1 unspecified atom stereocenters. The third-order valence-electron chi connectivity index (χ3n) is 9.71. The molecule has 0 amide bonds. The number of phosphoric acid groups is 1. The number of carbonyl (C=O) groups is 2. The van der Waals surface area contributed by atoms with E-state index in [1.54, 1.807) is 0 Å². The average Bonchev–Trinajstić information content (AvgIpc) is 3.20. The number of carbonyl (C=O) groups excluding carboxylic acids is 2. The van der Waals surface area contributed by atoms with Gasteiger partial charge in [0.1, 0.15) is 19.8 Å². The molecule has 0 aliphatic heterocycles. The molecule has 0 rings (SSSR count). The van der Waals surface area contributed by atoms with E-state index in [0.29, 0.717) is 23.9 Å². The second kappa shape index (κ2) is 41.8. The fourth-order valence-corrected chi connectivity index (χ4v) is 6.71. The van der Waals surface area contributed by atoms with Crippen LogP contribution in [0.4, 0.5) is 0 Å². The van der Waals surface area contributed by atoms with E-state index in [0.717, 1.165) is 51.4 Å². The molecule has 0 N–H and O–H groups in total. The molecule has 0 fully saturated rings. The van der Waals surface area contributed by atoms with Gasteiger partial charge in [0.2, 0.25) is 0 Å². The highest BCUT2D eigenvalue weighted by atomic mass is 31.2. The Morgan fingerprint density at radius 2 is 0.933 bits per heavy atom. The second-order valence-electron chi connectivity index (χ2n) is 16.8. The first kappa shape index (κ1) is 57.4. The topological polar surface area (TPSA) is 111 Å². The molecule has 0 aromatic rings. The first-order chi connectivity index (χ1) is 29.0. The zero-order valence-corrected chi connectivity index (χ0v) is 39.8. The summed E-state index contributed by atoms with van der Waals surface area (Å²) >= 11 is 0. The Hall–Kier alpha value is -2.55. The van der Waals surface area contributed by atoms with Gasteiger partial charge in [-0.1, -0.05) is 164 Å². The Morgan fingerprint density at radius 3 is 1.45 bits per heavy atom. The van der Waals surface area contributed by atoms with E-state index < -0.39 is 32.5 Å². The molecule has 0 heterocycles. The van der Waals surface area contributed by atoms with Crippen LogP contribution in [-0.4, -0.2) is 70.0 Å². The van der Waals surface area contributed by atoms with Crippen LogP contribution in [-0.2, 0) is 32.7 Å². The normalized spacial score (nSPS) is 14.2. The van der Waals surface area contributed by atoms with E-state index in [-0.39, 0.29) is 26.1 Å². The van der Waals surface area contributed by atoms with Gasteiger partial charge >= 0.3 is 11.9 Å². The maximum atomic E-state index is 12.7. The number of quaternary nitrogens is 1. The van der Waals surface area contributed by atoms with Gasteiger partial charge in [-0.15, -0.1) is 0 Å². The van der Waals surface area contributed by atoms with Gasteiger partial charge in [0, 0.05) is 12.8 Å². The number of nitrogens with zero attached hydrogens (tertiary/aromatic N) is 1. The summed E-state index contributed by atoms with van der Waals surface area (Å²) in [5, 5.41) is 0. The first-order valence-corrected chi connectivity index (χ1v) is 25.1. The highest BCUT2D eigenvalue weighted by Gasteiger charge is 2.21. The summed E-state index contributed by atoms with van der Waals surface area (Å²) in [7, 11) is 1.12. The molecule has 0 aromatic carbocycles. The van der Waals surface area contributed by atoms with Crippen LogP contribution in [0.25, 0.3) is 0 Å². The maximum absolute atomic E-state index is 12.7. The Bertz CT molecular complexity index is 1250. The number of hydrogen-bond acceptors (Lipinski definition) is 8. The number of ether oxygens (including phenoxy) is 2. The Balaban J connectivity index is 4.45. The lowest BCUT2D eigenvalue weighted by Crippen LogP contribution is -2.37. The van der Waals surface area contributed by atoms with E-state index in [9.17, 15) is 19.0 Å². The monoisotopic (exact) mass is 862 g/mol. The Kier molecular flexibility index (Phi) is 40.0. The number of allylic oxidation sites excluding steroid dienone is 12. The number of likely N-dealkylation sites (N-methyl/N-ethyl adjacent to an activating group) is 1. The molecule has 60 heavy (non-hydrogen) atoms. The summed E-state index contributed by atoms with van der Waals surface area (Å²) in [5.41, 5.74) is 0. The van der Waals surface area contributed by atoms with Crippen LogP contribution in [0.2, 0.25) is 0 Å². The van der Waals surface area contributed by atoms with Crippen molar-refractivity contribution in [1.29, 1.82) is 0 Å². The molecule has 0 aromatic heterocycles. The van der Waals surface area contributed by atoms with Crippen molar-refractivity contribution in [2.75, 3.05) is 47.5 Å². The van der Waals surface area contributed by atoms with E-state index in [1.807, 2.05) is 33.3 Å². The van der Waals surface area contributed by atoms with Crippen LogP contribution in [0, 0.1) is 0 Å². The summed E-state index contributed by atoms with van der Waals surface area (Å²) in [6.45, 7) is 4.10. The van der Waals surface area contributed by atoms with E-state index in [1.165, 1.54) is 89.9 Å². The third kappa shape index (κ3) is 45.0. The molecule has 0 saturated carbocycles. The number of phosphoric ester groups is 1. The fraction of sp³-hybridized carbons (Fsp3) is 0.720. The van der Waals surface area contributed by atoms with Crippen molar-refractivity contribution in [3.63, 3.8) is 0 Å². The summed E-state index contributed by atoms with van der Waals surface area (Å²) < 4.78 is 33.9. The molecular weight excluding hydrogens is 774 g/mol. The molecule has 0 saturated heterocycles. The number of esters is 2. The van der Waals surface area contributed by atoms with Gasteiger partial charge in [0.15, 0.2) is 6.10 Å². The standard InChI is InChI=1S/C50H88NO8P/c1-6-8-10-12-14-16-18-20-22-24-25-27-28-30-32-34-36-38-40-42-49(52)56-46-48(47-58-60(54,55)57-45-44-51(3,4)5)59-50(53)43-41-39-37-35-33-31-29-26-23-21-19-17-15-13-11-9-7-2/h14,16,20-23,25,27,30,32,36,38,48H,6-13,15,17-19,24,26,28-29,31,33-35,37,39-47H2,1-5H3/b16-14+,22-20+,23-21+,27-25+,32-30+,38-36+/t48-/m1/s1. The van der Waals surface area contributed by atoms with E-state index >= 15 is 0 Å². The van der Waals surface area contributed by atoms with Crippen LogP contribution < -0.4 is 4.89 Å². The summed E-state index contributed by atoms with van der Waals surface area (Å²) in [4.78, 5) is 37.6. The van der Waals surface area contributed by atoms with Crippen LogP contribution >= 0.6 is 7.82 Å². The number of hydrogen-bond donors (Lipinski definition) is 0. The van der Waals surface area contributed by atoms with Crippen molar-refractivity contribution in [2.24, 2.45) is 0 Å². The SMILES string of the molecule is CCCCC/C=C/C/C=C/C/C=C/C/C=C/C/C=C/CCC(=O)OC[C@H](COP(=O)([O-])OCC[N+](C)(C)C)OC(=O)CCCCCCCCC/C=C/CCCCCCCC. The van der Waals surface area contributed by atoms with Crippen LogP contribution in [0.1, 0.15) is 181 Å². The van der Waals surface area contributed by atoms with Crippen molar-refractivity contribution in [1.82, 2.24) is 0 Å². The molecule has 9 nitrogen and oxygen atoms in total. The van der Waals surface area contributed by atoms with Crippen LogP contribution in [0.3, 0.4) is 0 Å². The van der Waals surface area contributed by atoms with Gasteiger partial charge in [-0.2, -0.15) is 0 Å². The van der Waals surface area contributed by atoms with Gasteiger partial charge in [-0.05, 0) is 77.0 Å². The predicted octanol–water partition coefficient (Wildman–Crippen LogP) is 13.2. The first-order valence-electron chi connectivity index (χ1n) is 23.6. The highest BCUT2D eigenvalue weighted by Crippen LogP contribution is 2.38. The molecule has 0 aliphatic carbocycles. The van der Waals surface area contributed by atoms with Crippen molar-refractivity contribution < 1.29 is 42.1 Å². The van der Waals surface area contributed by atoms with Crippen molar-refractivity contribution in [3.8, 4) is 0 Å². The highest BCUT2D eigenvalue weighted by molar-refractivity contribution is 7.45. The van der Waals surface area contributed by atoms with E-state index in [4.69, 9.17) is 18.5 Å². The molecule has 0 bridgehead atoms. The van der Waals surface area contributed by atoms with Gasteiger partial charge in [-0.3, -0.25) is 14.2 Å². The van der Waals surface area contributed by atoms with Crippen molar-refractivity contribution >= 4 is 19.8 Å². The van der Waals surface area contributed by atoms with Gasteiger partial charge in [0.25, 0.3) is 7.82 Å². The lowest BCUT2D eigenvalue weighted by atomic mass is 10.1. The maximum Gasteiger partial charge on any atom is 0.306 e. The minimum Gasteiger partial charge on any atom is -0.756 e. The minimum atomic E-state index is -4.65. The molecule has 10 heteroatoms. The zero-order valence-electron chi connectivity index (χ0n) is 38.9. The summed E-state index contributed by atoms with van der Waals surface area (Å²) in [5.74, 6) is -0.939. The predicted molar refractivity (Wildman–Crippen MR) is 249 cm³/mol. The molecular formula is C50H88NO8P. The average molecular weight is 862 g/mol. The number of unbranched alkanes of at least 4 members (excludes halogenated alkanes) is 16. The minimum absolute atomic E-state index is 0.0456. The largest absolute Gasteiger partial charge is 0.756 e. The van der Waals surface area contributed by atoms with Gasteiger partial charge in [0.05, 0.1) is 27.7 Å².